The van der Waals surface area contributed by atoms with Gasteiger partial charge in [-0.3, -0.25) is 4.79 Å². The lowest BCUT2D eigenvalue weighted by molar-refractivity contribution is -0.120. The minimum absolute atomic E-state index is 0.0486. The lowest BCUT2D eigenvalue weighted by Crippen LogP contribution is -2.26. The molecule has 138 valence electrons. The second-order valence-corrected chi connectivity index (χ2v) is 7.74. The SMILES string of the molecule is Cc1[nH]c2ccc(F)cc2c1CC(=O)NCCCc1nc2ccccc2s1. The van der Waals surface area contributed by atoms with Gasteiger partial charge in [0.1, 0.15) is 5.82 Å². The van der Waals surface area contributed by atoms with Crippen LogP contribution in [-0.4, -0.2) is 22.4 Å². The molecule has 0 saturated carbocycles. The standard InChI is InChI=1S/C21H20FN3OS/c1-13-15(16-11-14(22)8-9-17(16)24-13)12-20(26)23-10-4-7-21-25-18-5-2-3-6-19(18)27-21/h2-3,5-6,8-9,11,24H,4,7,10,12H2,1H3,(H,23,26). The Hall–Kier alpha value is -2.73. The van der Waals surface area contributed by atoms with Gasteiger partial charge in [-0.2, -0.15) is 0 Å². The van der Waals surface area contributed by atoms with E-state index in [1.807, 2.05) is 25.1 Å². The highest BCUT2D eigenvalue weighted by molar-refractivity contribution is 7.18. The largest absolute Gasteiger partial charge is 0.358 e. The molecule has 6 heteroatoms. The topological polar surface area (TPSA) is 57.8 Å². The quantitative estimate of drug-likeness (QED) is 0.483. The second-order valence-electron chi connectivity index (χ2n) is 6.62. The Bertz CT molecular complexity index is 1080. The van der Waals surface area contributed by atoms with Crippen LogP contribution >= 0.6 is 11.3 Å². The summed E-state index contributed by atoms with van der Waals surface area (Å²) in [6.07, 6.45) is 1.93. The molecule has 2 heterocycles. The Morgan fingerprint density at radius 3 is 2.96 bits per heavy atom. The fourth-order valence-electron chi connectivity index (χ4n) is 3.30. The molecule has 0 radical (unpaired) electrons. The maximum Gasteiger partial charge on any atom is 0.224 e. The van der Waals surface area contributed by atoms with Crippen LogP contribution in [-0.2, 0) is 17.6 Å². The third-order valence-electron chi connectivity index (χ3n) is 4.65. The summed E-state index contributed by atoms with van der Waals surface area (Å²) in [7, 11) is 0. The predicted molar refractivity (Wildman–Crippen MR) is 108 cm³/mol. The number of nitrogens with one attached hydrogen (secondary N) is 2. The van der Waals surface area contributed by atoms with Gasteiger partial charge in [-0.25, -0.2) is 9.37 Å². The Labute approximate surface area is 160 Å². The molecular weight excluding hydrogens is 361 g/mol. The van der Waals surface area contributed by atoms with Gasteiger partial charge in [0.2, 0.25) is 5.91 Å². The molecular formula is C21H20FN3OS. The van der Waals surface area contributed by atoms with Gasteiger partial charge in [-0.1, -0.05) is 12.1 Å². The van der Waals surface area contributed by atoms with Crippen molar-refractivity contribution < 1.29 is 9.18 Å². The summed E-state index contributed by atoms with van der Waals surface area (Å²) in [5.41, 5.74) is 3.64. The van der Waals surface area contributed by atoms with Crippen LogP contribution in [0.15, 0.2) is 42.5 Å². The number of H-pyrrole nitrogens is 1. The van der Waals surface area contributed by atoms with Crippen LogP contribution in [0, 0.1) is 12.7 Å². The number of fused-ring (bicyclic) bond motifs is 2. The number of aryl methyl sites for hydroxylation is 2. The van der Waals surface area contributed by atoms with Crippen LogP contribution in [0.2, 0.25) is 0 Å². The number of rotatable bonds is 6. The summed E-state index contributed by atoms with van der Waals surface area (Å²) < 4.78 is 14.7. The highest BCUT2D eigenvalue weighted by atomic mass is 32.1. The van der Waals surface area contributed by atoms with Gasteiger partial charge < -0.3 is 10.3 Å². The van der Waals surface area contributed by atoms with E-state index in [0.29, 0.717) is 6.54 Å². The summed E-state index contributed by atoms with van der Waals surface area (Å²) in [6, 6.07) is 12.7. The van der Waals surface area contributed by atoms with Crippen molar-refractivity contribution >= 4 is 38.4 Å². The summed E-state index contributed by atoms with van der Waals surface area (Å²) in [5, 5.41) is 4.83. The minimum Gasteiger partial charge on any atom is -0.358 e. The Balaban J connectivity index is 1.32. The van der Waals surface area contributed by atoms with E-state index in [-0.39, 0.29) is 18.1 Å². The monoisotopic (exact) mass is 381 g/mol. The first-order valence-corrected chi connectivity index (χ1v) is 9.79. The van der Waals surface area contributed by atoms with Gasteiger partial charge in [-0.05, 0) is 49.2 Å². The van der Waals surface area contributed by atoms with E-state index in [1.54, 1.807) is 17.4 Å². The fraction of sp³-hybridized carbons (Fsp3) is 0.238. The number of halogens is 1. The molecule has 0 aliphatic carbocycles. The van der Waals surface area contributed by atoms with Gasteiger partial charge in [0.05, 0.1) is 21.6 Å². The molecule has 0 spiro atoms. The van der Waals surface area contributed by atoms with Crippen molar-refractivity contribution in [2.24, 2.45) is 0 Å². The average Bonchev–Trinajstić information content (AvgIpc) is 3.20. The zero-order valence-electron chi connectivity index (χ0n) is 15.0. The third-order valence-corrected chi connectivity index (χ3v) is 5.74. The highest BCUT2D eigenvalue weighted by Gasteiger charge is 2.13. The summed E-state index contributed by atoms with van der Waals surface area (Å²) >= 11 is 1.70. The molecule has 2 aromatic carbocycles. The van der Waals surface area contributed by atoms with Crippen LogP contribution in [0.3, 0.4) is 0 Å². The summed E-state index contributed by atoms with van der Waals surface area (Å²) in [5.74, 6) is -0.341. The average molecular weight is 381 g/mol. The van der Waals surface area contributed by atoms with Crippen molar-refractivity contribution in [3.8, 4) is 0 Å². The number of thiazole rings is 1. The number of aromatic amines is 1. The van der Waals surface area contributed by atoms with Crippen LogP contribution in [0.4, 0.5) is 4.39 Å². The molecule has 0 saturated heterocycles. The van der Waals surface area contributed by atoms with E-state index in [1.165, 1.54) is 16.8 Å². The van der Waals surface area contributed by atoms with Crippen molar-refractivity contribution in [2.45, 2.75) is 26.2 Å². The number of carbonyl (C=O) groups is 1. The van der Waals surface area contributed by atoms with Gasteiger partial charge >= 0.3 is 0 Å². The Morgan fingerprint density at radius 1 is 1.26 bits per heavy atom. The van der Waals surface area contributed by atoms with Gasteiger partial charge in [0.25, 0.3) is 0 Å². The summed E-state index contributed by atoms with van der Waals surface area (Å²) in [4.78, 5) is 20.1. The van der Waals surface area contributed by atoms with Crippen LogP contribution in [0.1, 0.15) is 22.7 Å². The maximum atomic E-state index is 13.5. The third kappa shape index (κ3) is 3.85. The van der Waals surface area contributed by atoms with E-state index >= 15 is 0 Å². The molecule has 0 aliphatic heterocycles. The number of hydrogen-bond acceptors (Lipinski definition) is 3. The normalized spacial score (nSPS) is 11.3. The fourth-order valence-corrected chi connectivity index (χ4v) is 4.31. The van der Waals surface area contributed by atoms with Gasteiger partial charge in [0, 0.05) is 29.6 Å². The van der Waals surface area contributed by atoms with E-state index in [4.69, 9.17) is 0 Å². The number of hydrogen-bond donors (Lipinski definition) is 2. The number of carbonyl (C=O) groups excluding carboxylic acids is 1. The molecule has 4 nitrogen and oxygen atoms in total. The highest BCUT2D eigenvalue weighted by Crippen LogP contribution is 2.24. The van der Waals surface area contributed by atoms with E-state index in [2.05, 4.69) is 21.4 Å². The Kier molecular flexibility index (Phi) is 4.90. The molecule has 1 amide bonds. The molecule has 4 rings (SSSR count). The van der Waals surface area contributed by atoms with Crippen molar-refractivity contribution in [3.05, 3.63) is 64.5 Å². The van der Waals surface area contributed by atoms with Crippen molar-refractivity contribution in [3.63, 3.8) is 0 Å². The van der Waals surface area contributed by atoms with Crippen molar-refractivity contribution in [2.75, 3.05) is 6.54 Å². The first kappa shape index (κ1) is 17.7. The lowest BCUT2D eigenvalue weighted by Gasteiger charge is -2.05. The number of para-hydroxylation sites is 1. The molecule has 27 heavy (non-hydrogen) atoms. The van der Waals surface area contributed by atoms with E-state index < -0.39 is 0 Å². The van der Waals surface area contributed by atoms with E-state index in [0.717, 1.165) is 45.5 Å². The zero-order valence-corrected chi connectivity index (χ0v) is 15.8. The first-order chi connectivity index (χ1) is 13.1. The molecule has 0 aliphatic rings. The minimum atomic E-state index is -0.293. The number of benzene rings is 2. The molecule has 2 N–H and O–H groups in total. The lowest BCUT2D eigenvalue weighted by atomic mass is 10.1. The molecule has 0 bridgehead atoms. The van der Waals surface area contributed by atoms with Crippen LogP contribution < -0.4 is 5.32 Å². The number of nitrogens with zero attached hydrogens (tertiary/aromatic N) is 1. The Morgan fingerprint density at radius 2 is 2.11 bits per heavy atom. The molecule has 0 unspecified atom stereocenters. The van der Waals surface area contributed by atoms with Crippen LogP contribution in [0.5, 0.6) is 0 Å². The number of aromatic nitrogens is 2. The molecule has 0 fully saturated rings. The molecule has 4 aromatic rings. The van der Waals surface area contributed by atoms with Gasteiger partial charge in [0.15, 0.2) is 0 Å². The molecule has 0 atom stereocenters. The second kappa shape index (κ2) is 7.48. The zero-order chi connectivity index (χ0) is 18.8. The number of amides is 1. The van der Waals surface area contributed by atoms with E-state index in [9.17, 15) is 9.18 Å². The van der Waals surface area contributed by atoms with Crippen molar-refractivity contribution in [1.29, 1.82) is 0 Å². The predicted octanol–water partition coefficient (Wildman–Crippen LogP) is 4.52. The van der Waals surface area contributed by atoms with Gasteiger partial charge in [-0.15, -0.1) is 11.3 Å². The summed E-state index contributed by atoms with van der Waals surface area (Å²) in [6.45, 7) is 2.51. The molecule has 2 aromatic heterocycles. The van der Waals surface area contributed by atoms with Crippen molar-refractivity contribution in [1.82, 2.24) is 15.3 Å². The first-order valence-electron chi connectivity index (χ1n) is 8.98. The smallest absolute Gasteiger partial charge is 0.224 e. The maximum absolute atomic E-state index is 13.5. The van der Waals surface area contributed by atoms with Crippen LogP contribution in [0.25, 0.3) is 21.1 Å².